The van der Waals surface area contributed by atoms with Gasteiger partial charge in [-0.05, 0) is 18.1 Å². The van der Waals surface area contributed by atoms with E-state index in [1.54, 1.807) is 0 Å². The SMILES string of the molecule is CC(=O)NC(CCSCC(=O)NCC(C)C)C(=O)O. The predicted octanol–water partition coefficient (Wildman–Crippen LogP) is 0.471. The third-order valence-corrected chi connectivity index (χ3v) is 3.16. The Bertz CT molecular complexity index is 321. The lowest BCUT2D eigenvalue weighted by Gasteiger charge is -2.12. The van der Waals surface area contributed by atoms with Gasteiger partial charge in [-0.15, -0.1) is 0 Å². The maximum absolute atomic E-state index is 11.4. The Morgan fingerprint density at radius 2 is 1.89 bits per heavy atom. The summed E-state index contributed by atoms with van der Waals surface area (Å²) in [6.07, 6.45) is 0.303. The van der Waals surface area contributed by atoms with Gasteiger partial charge < -0.3 is 15.7 Å². The Labute approximate surface area is 117 Å². The number of rotatable bonds is 9. The van der Waals surface area contributed by atoms with Crippen molar-refractivity contribution in [2.75, 3.05) is 18.1 Å². The Morgan fingerprint density at radius 1 is 1.26 bits per heavy atom. The molecule has 0 saturated carbocycles. The third-order valence-electron chi connectivity index (χ3n) is 2.17. The van der Waals surface area contributed by atoms with E-state index in [1.807, 2.05) is 13.8 Å². The van der Waals surface area contributed by atoms with Gasteiger partial charge in [-0.25, -0.2) is 4.79 Å². The summed E-state index contributed by atoms with van der Waals surface area (Å²) in [5, 5.41) is 14.0. The van der Waals surface area contributed by atoms with Crippen LogP contribution in [0.1, 0.15) is 27.2 Å². The van der Waals surface area contributed by atoms with Gasteiger partial charge in [0.2, 0.25) is 11.8 Å². The molecule has 1 unspecified atom stereocenters. The summed E-state index contributed by atoms with van der Waals surface area (Å²) in [7, 11) is 0. The van der Waals surface area contributed by atoms with Gasteiger partial charge >= 0.3 is 5.97 Å². The van der Waals surface area contributed by atoms with Gasteiger partial charge in [-0.2, -0.15) is 11.8 Å². The average Bonchev–Trinajstić information content (AvgIpc) is 2.29. The largest absolute Gasteiger partial charge is 0.480 e. The summed E-state index contributed by atoms with van der Waals surface area (Å²) < 4.78 is 0. The zero-order chi connectivity index (χ0) is 14.8. The van der Waals surface area contributed by atoms with Gasteiger partial charge in [0.25, 0.3) is 0 Å². The molecule has 0 radical (unpaired) electrons. The molecular formula is C12H22N2O4S. The molecule has 0 aliphatic heterocycles. The normalized spacial score (nSPS) is 12.0. The van der Waals surface area contributed by atoms with Gasteiger partial charge in [0, 0.05) is 13.5 Å². The van der Waals surface area contributed by atoms with Crippen molar-refractivity contribution in [3.05, 3.63) is 0 Å². The zero-order valence-electron chi connectivity index (χ0n) is 11.6. The van der Waals surface area contributed by atoms with E-state index in [4.69, 9.17) is 5.11 Å². The van der Waals surface area contributed by atoms with Gasteiger partial charge in [0.15, 0.2) is 0 Å². The first kappa shape index (κ1) is 17.8. The van der Waals surface area contributed by atoms with Crippen LogP contribution in [0.5, 0.6) is 0 Å². The Kier molecular flexibility index (Phi) is 9.03. The molecule has 0 rings (SSSR count). The number of carboxylic acids is 1. The van der Waals surface area contributed by atoms with Crippen molar-refractivity contribution in [1.29, 1.82) is 0 Å². The molecule has 3 N–H and O–H groups in total. The van der Waals surface area contributed by atoms with Crippen molar-refractivity contribution in [1.82, 2.24) is 10.6 Å². The van der Waals surface area contributed by atoms with Crippen LogP contribution in [0, 0.1) is 5.92 Å². The molecule has 0 aliphatic carbocycles. The molecule has 0 bridgehead atoms. The van der Waals surface area contributed by atoms with E-state index in [0.717, 1.165) is 0 Å². The van der Waals surface area contributed by atoms with E-state index in [1.165, 1.54) is 18.7 Å². The van der Waals surface area contributed by atoms with E-state index in [2.05, 4.69) is 10.6 Å². The molecule has 0 aromatic carbocycles. The first-order valence-electron chi connectivity index (χ1n) is 6.17. The standard InChI is InChI=1S/C12H22N2O4S/c1-8(2)6-13-11(16)7-19-5-4-10(12(17)18)14-9(3)15/h8,10H,4-7H2,1-3H3,(H,13,16)(H,14,15)(H,17,18). The summed E-state index contributed by atoms with van der Waals surface area (Å²) in [6.45, 7) is 5.95. The number of carbonyl (C=O) groups is 3. The first-order valence-corrected chi connectivity index (χ1v) is 7.32. The number of carbonyl (C=O) groups excluding carboxylic acids is 2. The molecule has 1 atom stereocenters. The molecule has 0 aromatic rings. The highest BCUT2D eigenvalue weighted by Gasteiger charge is 2.17. The fourth-order valence-electron chi connectivity index (χ4n) is 1.24. The van der Waals surface area contributed by atoms with E-state index in [0.29, 0.717) is 30.4 Å². The second-order valence-corrected chi connectivity index (χ2v) is 5.74. The van der Waals surface area contributed by atoms with Crippen LogP contribution in [0.25, 0.3) is 0 Å². The lowest BCUT2D eigenvalue weighted by Crippen LogP contribution is -2.40. The molecule has 0 aliphatic rings. The number of amides is 2. The second-order valence-electron chi connectivity index (χ2n) is 4.63. The minimum Gasteiger partial charge on any atom is -0.480 e. The van der Waals surface area contributed by atoms with Crippen LogP contribution in [0.3, 0.4) is 0 Å². The van der Waals surface area contributed by atoms with Crippen molar-refractivity contribution in [2.45, 2.75) is 33.2 Å². The quantitative estimate of drug-likeness (QED) is 0.537. The van der Waals surface area contributed by atoms with Gasteiger partial charge in [0.1, 0.15) is 6.04 Å². The zero-order valence-corrected chi connectivity index (χ0v) is 12.4. The highest BCUT2D eigenvalue weighted by molar-refractivity contribution is 7.99. The van der Waals surface area contributed by atoms with Gasteiger partial charge in [-0.3, -0.25) is 9.59 Å². The van der Waals surface area contributed by atoms with Crippen molar-refractivity contribution in [3.63, 3.8) is 0 Å². The van der Waals surface area contributed by atoms with Crippen LogP contribution in [0.4, 0.5) is 0 Å². The van der Waals surface area contributed by atoms with E-state index < -0.39 is 12.0 Å². The molecular weight excluding hydrogens is 268 g/mol. The highest BCUT2D eigenvalue weighted by atomic mass is 32.2. The van der Waals surface area contributed by atoms with E-state index in [9.17, 15) is 14.4 Å². The topological polar surface area (TPSA) is 95.5 Å². The molecule has 0 heterocycles. The van der Waals surface area contributed by atoms with Crippen LogP contribution in [0.2, 0.25) is 0 Å². The molecule has 2 amide bonds. The van der Waals surface area contributed by atoms with Crippen molar-refractivity contribution in [2.24, 2.45) is 5.92 Å². The van der Waals surface area contributed by atoms with Gasteiger partial charge in [0.05, 0.1) is 5.75 Å². The molecule has 7 heteroatoms. The summed E-state index contributed by atoms with van der Waals surface area (Å²) in [5.74, 6) is -0.256. The molecule has 0 spiro atoms. The van der Waals surface area contributed by atoms with Crippen molar-refractivity contribution < 1.29 is 19.5 Å². The maximum Gasteiger partial charge on any atom is 0.326 e. The highest BCUT2D eigenvalue weighted by Crippen LogP contribution is 2.05. The smallest absolute Gasteiger partial charge is 0.326 e. The number of thioether (sulfide) groups is 1. The summed E-state index contributed by atoms with van der Waals surface area (Å²) in [4.78, 5) is 33.0. The minimum atomic E-state index is -1.06. The molecule has 0 fully saturated rings. The van der Waals surface area contributed by atoms with Crippen LogP contribution < -0.4 is 10.6 Å². The third kappa shape index (κ3) is 10.4. The number of carboxylic acid groups (broad SMARTS) is 1. The van der Waals surface area contributed by atoms with E-state index >= 15 is 0 Å². The first-order chi connectivity index (χ1) is 8.82. The summed E-state index contributed by atoms with van der Waals surface area (Å²) in [6, 6.07) is -0.885. The van der Waals surface area contributed by atoms with Crippen LogP contribution in [-0.2, 0) is 14.4 Å². The maximum atomic E-state index is 11.4. The fraction of sp³-hybridized carbons (Fsp3) is 0.750. The Morgan fingerprint density at radius 3 is 2.37 bits per heavy atom. The molecule has 0 aromatic heterocycles. The molecule has 0 saturated heterocycles. The predicted molar refractivity (Wildman–Crippen MR) is 75.0 cm³/mol. The Hall–Kier alpha value is -1.24. The number of hydrogen-bond donors (Lipinski definition) is 3. The summed E-state index contributed by atoms with van der Waals surface area (Å²) >= 11 is 1.36. The van der Waals surface area contributed by atoms with Crippen molar-refractivity contribution >= 4 is 29.5 Å². The lowest BCUT2D eigenvalue weighted by molar-refractivity contribution is -0.141. The average molecular weight is 290 g/mol. The van der Waals surface area contributed by atoms with Gasteiger partial charge in [-0.1, -0.05) is 13.8 Å². The fourth-order valence-corrected chi connectivity index (χ4v) is 2.07. The van der Waals surface area contributed by atoms with Crippen LogP contribution in [-0.4, -0.2) is 47.0 Å². The van der Waals surface area contributed by atoms with Crippen molar-refractivity contribution in [3.8, 4) is 0 Å². The van der Waals surface area contributed by atoms with Crippen LogP contribution in [0.15, 0.2) is 0 Å². The Balaban J connectivity index is 3.79. The lowest BCUT2D eigenvalue weighted by atomic mass is 10.2. The second kappa shape index (κ2) is 9.66. The number of nitrogens with one attached hydrogen (secondary N) is 2. The monoisotopic (exact) mass is 290 g/mol. The van der Waals surface area contributed by atoms with E-state index in [-0.39, 0.29) is 11.8 Å². The van der Waals surface area contributed by atoms with Crippen LogP contribution >= 0.6 is 11.8 Å². The molecule has 19 heavy (non-hydrogen) atoms. The minimum absolute atomic E-state index is 0.0508. The number of aliphatic carboxylic acids is 1. The molecule has 6 nitrogen and oxygen atoms in total. The molecule has 110 valence electrons. The number of hydrogen-bond acceptors (Lipinski definition) is 4. The summed E-state index contributed by atoms with van der Waals surface area (Å²) in [5.41, 5.74) is 0.